The van der Waals surface area contributed by atoms with Gasteiger partial charge in [-0.3, -0.25) is 4.79 Å². The molecule has 2 aromatic carbocycles. The minimum Gasteiger partial charge on any atom is -0.494 e. The van der Waals surface area contributed by atoms with Gasteiger partial charge in [-0.2, -0.15) is 16.5 Å². The molecule has 0 aliphatic carbocycles. The minimum absolute atomic E-state index is 0.154. The summed E-state index contributed by atoms with van der Waals surface area (Å²) in [6.07, 6.45) is 2.96. The van der Waals surface area contributed by atoms with Gasteiger partial charge >= 0.3 is 0 Å². The molecule has 2 N–H and O–H groups in total. The molecule has 2 rings (SSSR count). The Balaban J connectivity index is 1.87. The Hall–Kier alpha value is -2.03. The first-order chi connectivity index (χ1) is 14.3. The molecule has 0 saturated carbocycles. The number of aryl methyl sites for hydroxylation is 2. The van der Waals surface area contributed by atoms with E-state index in [-0.39, 0.29) is 10.8 Å². The lowest BCUT2D eigenvalue weighted by Gasteiger charge is -2.18. The van der Waals surface area contributed by atoms with Crippen LogP contribution in [0.5, 0.6) is 5.75 Å². The molecule has 0 aliphatic rings. The normalized spacial score (nSPS) is 12.4. The van der Waals surface area contributed by atoms with Crippen LogP contribution in [0.1, 0.15) is 24.0 Å². The maximum atomic E-state index is 12.7. The molecule has 1 unspecified atom stereocenters. The fourth-order valence-electron chi connectivity index (χ4n) is 2.75. The third-order valence-corrected chi connectivity index (χ3v) is 6.57. The van der Waals surface area contributed by atoms with Crippen molar-refractivity contribution in [3.05, 3.63) is 59.7 Å². The molecule has 0 spiro atoms. The fourth-order valence-corrected chi connectivity index (χ4v) is 4.46. The van der Waals surface area contributed by atoms with Crippen LogP contribution in [-0.2, 0) is 14.8 Å². The summed E-state index contributed by atoms with van der Waals surface area (Å²) in [5, 5.41) is 2.82. The summed E-state index contributed by atoms with van der Waals surface area (Å²) >= 11 is 1.57. The van der Waals surface area contributed by atoms with Gasteiger partial charge < -0.3 is 10.1 Å². The van der Waals surface area contributed by atoms with Gasteiger partial charge in [0.2, 0.25) is 15.9 Å². The van der Waals surface area contributed by atoms with Gasteiger partial charge in [-0.15, -0.1) is 0 Å². The van der Waals surface area contributed by atoms with Gasteiger partial charge in [0.15, 0.2) is 0 Å². The third kappa shape index (κ3) is 8.01. The van der Waals surface area contributed by atoms with Crippen LogP contribution in [0.25, 0.3) is 0 Å². The van der Waals surface area contributed by atoms with Crippen LogP contribution in [0.4, 0.5) is 0 Å². The largest absolute Gasteiger partial charge is 0.494 e. The van der Waals surface area contributed by atoms with E-state index in [4.69, 9.17) is 4.74 Å². The van der Waals surface area contributed by atoms with E-state index in [1.54, 1.807) is 36.0 Å². The standard InChI is InChI=1S/C22H30N2O4S2/c1-17-8-10-20(11-9-17)30(26,27)24-21(12-15-29-3)22(25)23-13-5-14-28-19-7-4-6-18(2)16-19/h4,6-11,16,21,24H,5,12-15H2,1-3H3,(H,23,25). The van der Waals surface area contributed by atoms with Gasteiger partial charge in [0, 0.05) is 6.54 Å². The number of hydrogen-bond donors (Lipinski definition) is 2. The predicted octanol–water partition coefficient (Wildman–Crippen LogP) is 3.29. The number of benzene rings is 2. The minimum atomic E-state index is -3.77. The molecule has 30 heavy (non-hydrogen) atoms. The first-order valence-corrected chi connectivity index (χ1v) is 12.7. The Kier molecular flexibility index (Phi) is 9.68. The Morgan fingerprint density at radius 2 is 1.83 bits per heavy atom. The Morgan fingerprint density at radius 1 is 1.10 bits per heavy atom. The molecule has 0 saturated heterocycles. The Bertz CT molecular complexity index is 915. The van der Waals surface area contributed by atoms with Crippen LogP contribution < -0.4 is 14.8 Å². The maximum Gasteiger partial charge on any atom is 0.241 e. The third-order valence-electron chi connectivity index (χ3n) is 4.43. The summed E-state index contributed by atoms with van der Waals surface area (Å²) in [5.41, 5.74) is 2.09. The summed E-state index contributed by atoms with van der Waals surface area (Å²) in [7, 11) is -3.77. The molecule has 0 radical (unpaired) electrons. The highest BCUT2D eigenvalue weighted by Gasteiger charge is 2.25. The van der Waals surface area contributed by atoms with Gasteiger partial charge in [0.05, 0.1) is 11.5 Å². The Morgan fingerprint density at radius 3 is 2.50 bits per heavy atom. The van der Waals surface area contributed by atoms with Gasteiger partial charge in [0.1, 0.15) is 11.8 Å². The van der Waals surface area contributed by atoms with Crippen LogP contribution in [0.3, 0.4) is 0 Å². The molecule has 0 heterocycles. The number of sulfonamides is 1. The molecule has 6 nitrogen and oxygen atoms in total. The van der Waals surface area contributed by atoms with Crippen LogP contribution in [-0.4, -0.2) is 45.5 Å². The van der Waals surface area contributed by atoms with Gasteiger partial charge in [0.25, 0.3) is 0 Å². The summed E-state index contributed by atoms with van der Waals surface area (Å²) in [6, 6.07) is 13.5. The van der Waals surface area contributed by atoms with Crippen molar-refractivity contribution in [3.63, 3.8) is 0 Å². The lowest BCUT2D eigenvalue weighted by atomic mass is 10.2. The number of thioether (sulfide) groups is 1. The van der Waals surface area contributed by atoms with Crippen molar-refractivity contribution in [2.75, 3.05) is 25.2 Å². The number of rotatable bonds is 12. The molecule has 1 amide bonds. The molecular weight excluding hydrogens is 420 g/mol. The van der Waals surface area contributed by atoms with E-state index in [9.17, 15) is 13.2 Å². The first kappa shape index (κ1) is 24.2. The summed E-state index contributed by atoms with van der Waals surface area (Å²) in [4.78, 5) is 12.8. The fraction of sp³-hybridized carbons (Fsp3) is 0.409. The number of nitrogens with one attached hydrogen (secondary N) is 2. The number of carbonyl (C=O) groups is 1. The van der Waals surface area contributed by atoms with Crippen molar-refractivity contribution in [2.45, 2.75) is 37.6 Å². The van der Waals surface area contributed by atoms with Crippen LogP contribution in [0.15, 0.2) is 53.4 Å². The molecule has 0 fully saturated rings. The number of amides is 1. The lowest BCUT2D eigenvalue weighted by molar-refractivity contribution is -0.122. The number of hydrogen-bond acceptors (Lipinski definition) is 5. The second kappa shape index (κ2) is 12.0. The van der Waals surface area contributed by atoms with E-state index in [1.807, 2.05) is 44.4 Å². The zero-order chi connectivity index (χ0) is 22.0. The highest BCUT2D eigenvalue weighted by Crippen LogP contribution is 2.13. The Labute approximate surface area is 183 Å². The summed E-state index contributed by atoms with van der Waals surface area (Å²) in [5.74, 6) is 1.14. The van der Waals surface area contributed by atoms with E-state index in [1.165, 1.54) is 0 Å². The molecule has 0 bridgehead atoms. The molecule has 2 aromatic rings. The van der Waals surface area contributed by atoms with E-state index in [2.05, 4.69) is 10.0 Å². The predicted molar refractivity (Wildman–Crippen MR) is 123 cm³/mol. The second-order valence-corrected chi connectivity index (χ2v) is 9.78. The molecule has 164 valence electrons. The van der Waals surface area contributed by atoms with Crippen molar-refractivity contribution >= 4 is 27.7 Å². The molecular formula is C22H30N2O4S2. The summed E-state index contributed by atoms with van der Waals surface area (Å²) in [6.45, 7) is 4.77. The topological polar surface area (TPSA) is 84.5 Å². The van der Waals surface area contributed by atoms with Crippen molar-refractivity contribution in [1.82, 2.24) is 10.0 Å². The van der Waals surface area contributed by atoms with Crippen molar-refractivity contribution in [1.29, 1.82) is 0 Å². The summed E-state index contributed by atoms with van der Waals surface area (Å²) < 4.78 is 33.6. The molecule has 8 heteroatoms. The van der Waals surface area contributed by atoms with E-state index < -0.39 is 16.1 Å². The SMILES string of the molecule is CSCCC(NS(=O)(=O)c1ccc(C)cc1)C(=O)NCCCOc1cccc(C)c1. The second-order valence-electron chi connectivity index (χ2n) is 7.08. The highest BCUT2D eigenvalue weighted by molar-refractivity contribution is 7.98. The van der Waals surface area contributed by atoms with Crippen molar-refractivity contribution in [2.24, 2.45) is 0 Å². The number of carbonyl (C=O) groups excluding carboxylic acids is 1. The van der Waals surface area contributed by atoms with Crippen molar-refractivity contribution in [3.8, 4) is 5.75 Å². The van der Waals surface area contributed by atoms with Crippen molar-refractivity contribution < 1.29 is 17.9 Å². The number of ether oxygens (including phenoxy) is 1. The van der Waals surface area contributed by atoms with Gasteiger partial charge in [-0.25, -0.2) is 8.42 Å². The molecule has 0 aliphatic heterocycles. The monoisotopic (exact) mass is 450 g/mol. The van der Waals surface area contributed by atoms with Gasteiger partial charge in [-0.1, -0.05) is 29.8 Å². The maximum absolute atomic E-state index is 12.7. The van der Waals surface area contributed by atoms with Crippen LogP contribution >= 0.6 is 11.8 Å². The van der Waals surface area contributed by atoms with Crippen LogP contribution in [0, 0.1) is 13.8 Å². The van der Waals surface area contributed by atoms with E-state index >= 15 is 0 Å². The highest BCUT2D eigenvalue weighted by atomic mass is 32.2. The molecule has 0 aromatic heterocycles. The quantitative estimate of drug-likeness (QED) is 0.485. The zero-order valence-corrected chi connectivity index (χ0v) is 19.3. The zero-order valence-electron chi connectivity index (χ0n) is 17.7. The van der Waals surface area contributed by atoms with E-state index in [0.29, 0.717) is 31.7 Å². The lowest BCUT2D eigenvalue weighted by Crippen LogP contribution is -2.47. The van der Waals surface area contributed by atoms with Gasteiger partial charge in [-0.05, 0) is 68.5 Å². The van der Waals surface area contributed by atoms with Crippen LogP contribution in [0.2, 0.25) is 0 Å². The average Bonchev–Trinajstić information content (AvgIpc) is 2.71. The average molecular weight is 451 g/mol. The smallest absolute Gasteiger partial charge is 0.241 e. The molecule has 1 atom stereocenters. The first-order valence-electron chi connectivity index (χ1n) is 9.87. The van der Waals surface area contributed by atoms with E-state index in [0.717, 1.165) is 16.9 Å².